The minimum absolute atomic E-state index is 0.0318. The fourth-order valence-electron chi connectivity index (χ4n) is 2.07. The van der Waals surface area contributed by atoms with E-state index in [-0.39, 0.29) is 24.2 Å². The van der Waals surface area contributed by atoms with Crippen LogP contribution in [0.5, 0.6) is 5.75 Å². The topological polar surface area (TPSA) is 67.5 Å². The van der Waals surface area contributed by atoms with Gasteiger partial charge in [-0.25, -0.2) is 0 Å². The van der Waals surface area contributed by atoms with Crippen molar-refractivity contribution in [1.82, 2.24) is 0 Å². The molecule has 4 N–H and O–H groups in total. The van der Waals surface area contributed by atoms with Gasteiger partial charge in [-0.1, -0.05) is 26.8 Å². The summed E-state index contributed by atoms with van der Waals surface area (Å²) in [6.45, 7) is 10.5. The lowest BCUT2D eigenvalue weighted by atomic mass is 9.84. The molecule has 0 fully saturated rings. The molecule has 0 saturated heterocycles. The van der Waals surface area contributed by atoms with E-state index in [1.54, 1.807) is 0 Å². The molecule has 4 nitrogen and oxygen atoms in total. The van der Waals surface area contributed by atoms with Gasteiger partial charge in [-0.05, 0) is 37.8 Å². The number of hydrogen-bond acceptors (Lipinski definition) is 4. The number of aliphatic hydroxyl groups excluding tert-OH is 1. The Morgan fingerprint density at radius 2 is 1.95 bits per heavy atom. The van der Waals surface area contributed by atoms with E-state index in [4.69, 9.17) is 10.5 Å². The Morgan fingerprint density at radius 3 is 2.45 bits per heavy atom. The van der Waals surface area contributed by atoms with Crippen LogP contribution >= 0.6 is 0 Å². The molecule has 0 heterocycles. The van der Waals surface area contributed by atoms with E-state index in [2.05, 4.69) is 26.1 Å². The Hall–Kier alpha value is -1.42. The molecular weight excluding hydrogens is 252 g/mol. The molecular formula is C16H28N2O2. The summed E-state index contributed by atoms with van der Waals surface area (Å²) in [5.41, 5.74) is 7.68. The van der Waals surface area contributed by atoms with Gasteiger partial charge in [0.1, 0.15) is 5.75 Å². The standard InChI is InChI=1S/C16H28N2O2/c1-11(2)20-13-8-6-7-12(15(13)17)18-14(9-10-19)16(3,4)5/h6-8,11,14,18-19H,9-10,17H2,1-5H3. The van der Waals surface area contributed by atoms with Crippen LogP contribution in [-0.4, -0.2) is 23.9 Å². The molecule has 4 heteroatoms. The number of nitrogens with one attached hydrogen (secondary N) is 1. The second-order valence-electron chi connectivity index (χ2n) is 6.46. The zero-order valence-corrected chi connectivity index (χ0v) is 13.2. The largest absolute Gasteiger partial charge is 0.489 e. The van der Waals surface area contributed by atoms with Crippen molar-refractivity contribution in [2.24, 2.45) is 5.41 Å². The van der Waals surface area contributed by atoms with Crippen molar-refractivity contribution < 1.29 is 9.84 Å². The maximum atomic E-state index is 9.22. The summed E-state index contributed by atoms with van der Waals surface area (Å²) in [5, 5.41) is 12.7. The van der Waals surface area contributed by atoms with Gasteiger partial charge < -0.3 is 20.9 Å². The maximum Gasteiger partial charge on any atom is 0.144 e. The highest BCUT2D eigenvalue weighted by Crippen LogP contribution is 2.33. The predicted molar refractivity (Wildman–Crippen MR) is 85.2 cm³/mol. The van der Waals surface area contributed by atoms with Crippen molar-refractivity contribution in [3.63, 3.8) is 0 Å². The van der Waals surface area contributed by atoms with Crippen molar-refractivity contribution in [2.45, 2.75) is 53.2 Å². The van der Waals surface area contributed by atoms with Crippen LogP contribution in [0.4, 0.5) is 11.4 Å². The molecule has 0 saturated carbocycles. The van der Waals surface area contributed by atoms with Crippen molar-refractivity contribution in [3.8, 4) is 5.75 Å². The number of rotatable bonds is 6. The number of para-hydroxylation sites is 1. The highest BCUT2D eigenvalue weighted by atomic mass is 16.5. The summed E-state index contributed by atoms with van der Waals surface area (Å²) >= 11 is 0. The summed E-state index contributed by atoms with van der Waals surface area (Å²) in [7, 11) is 0. The summed E-state index contributed by atoms with van der Waals surface area (Å²) in [6.07, 6.45) is 0.765. The summed E-state index contributed by atoms with van der Waals surface area (Å²) in [4.78, 5) is 0. The molecule has 20 heavy (non-hydrogen) atoms. The van der Waals surface area contributed by atoms with Gasteiger partial charge in [0.25, 0.3) is 0 Å². The van der Waals surface area contributed by atoms with Crippen LogP contribution < -0.4 is 15.8 Å². The lowest BCUT2D eigenvalue weighted by Crippen LogP contribution is -2.35. The first-order valence-electron chi connectivity index (χ1n) is 7.18. The van der Waals surface area contributed by atoms with Crippen molar-refractivity contribution in [3.05, 3.63) is 18.2 Å². The first kappa shape index (κ1) is 16.6. The number of ether oxygens (including phenoxy) is 1. The van der Waals surface area contributed by atoms with Crippen LogP contribution in [0.15, 0.2) is 18.2 Å². The molecule has 114 valence electrons. The van der Waals surface area contributed by atoms with Gasteiger partial charge in [0.2, 0.25) is 0 Å². The van der Waals surface area contributed by atoms with Crippen LogP contribution in [0.3, 0.4) is 0 Å². The molecule has 1 rings (SSSR count). The summed E-state index contributed by atoms with van der Waals surface area (Å²) < 4.78 is 5.70. The first-order chi connectivity index (χ1) is 9.25. The minimum atomic E-state index is 0.0318. The fraction of sp³-hybridized carbons (Fsp3) is 0.625. The quantitative estimate of drug-likeness (QED) is 0.700. The molecule has 1 aromatic rings. The van der Waals surface area contributed by atoms with E-state index in [1.165, 1.54) is 0 Å². The van der Waals surface area contributed by atoms with E-state index < -0.39 is 0 Å². The molecule has 1 unspecified atom stereocenters. The Morgan fingerprint density at radius 1 is 1.30 bits per heavy atom. The summed E-state index contributed by atoms with van der Waals surface area (Å²) in [5.74, 6) is 0.696. The van der Waals surface area contributed by atoms with E-state index in [9.17, 15) is 5.11 Å². The number of nitrogen functional groups attached to an aromatic ring is 1. The second-order valence-corrected chi connectivity index (χ2v) is 6.46. The molecule has 0 aliphatic rings. The van der Waals surface area contributed by atoms with Gasteiger partial charge in [0.05, 0.1) is 17.5 Å². The number of anilines is 2. The molecule has 1 atom stereocenters. The third kappa shape index (κ3) is 4.60. The summed E-state index contributed by atoms with van der Waals surface area (Å²) in [6, 6.07) is 5.89. The molecule has 0 amide bonds. The fourth-order valence-corrected chi connectivity index (χ4v) is 2.07. The monoisotopic (exact) mass is 280 g/mol. The molecule has 0 spiro atoms. The first-order valence-corrected chi connectivity index (χ1v) is 7.18. The van der Waals surface area contributed by atoms with Gasteiger partial charge in [-0.3, -0.25) is 0 Å². The van der Waals surface area contributed by atoms with Gasteiger partial charge in [0.15, 0.2) is 0 Å². The molecule has 0 aromatic heterocycles. The predicted octanol–water partition coefficient (Wildman–Crippen LogP) is 3.27. The van der Waals surface area contributed by atoms with Gasteiger partial charge in [0, 0.05) is 12.6 Å². The van der Waals surface area contributed by atoms with Crippen LogP contribution in [0.25, 0.3) is 0 Å². The number of nitrogens with two attached hydrogens (primary N) is 1. The average molecular weight is 280 g/mol. The molecule has 0 aliphatic heterocycles. The number of aliphatic hydroxyl groups is 1. The van der Waals surface area contributed by atoms with Crippen LogP contribution in [0.2, 0.25) is 0 Å². The Kier molecular flexibility index (Phi) is 5.69. The minimum Gasteiger partial charge on any atom is -0.489 e. The maximum absolute atomic E-state index is 9.22. The number of hydrogen-bond donors (Lipinski definition) is 3. The third-order valence-electron chi connectivity index (χ3n) is 3.22. The Labute approximate surface area is 122 Å². The lowest BCUT2D eigenvalue weighted by molar-refractivity contribution is 0.235. The van der Waals surface area contributed by atoms with E-state index in [1.807, 2.05) is 32.0 Å². The third-order valence-corrected chi connectivity index (χ3v) is 3.22. The van der Waals surface area contributed by atoms with E-state index >= 15 is 0 Å². The van der Waals surface area contributed by atoms with E-state index in [0.717, 1.165) is 5.69 Å². The Bertz CT molecular complexity index is 425. The van der Waals surface area contributed by atoms with E-state index in [0.29, 0.717) is 17.9 Å². The number of benzene rings is 1. The zero-order chi connectivity index (χ0) is 15.3. The van der Waals surface area contributed by atoms with Gasteiger partial charge in [-0.15, -0.1) is 0 Å². The van der Waals surface area contributed by atoms with Crippen LogP contribution in [0, 0.1) is 5.41 Å². The van der Waals surface area contributed by atoms with Crippen molar-refractivity contribution >= 4 is 11.4 Å². The zero-order valence-electron chi connectivity index (χ0n) is 13.2. The SMILES string of the molecule is CC(C)Oc1cccc(NC(CCO)C(C)(C)C)c1N. The van der Waals surface area contributed by atoms with Crippen molar-refractivity contribution in [1.29, 1.82) is 0 Å². The molecule has 0 aliphatic carbocycles. The smallest absolute Gasteiger partial charge is 0.144 e. The lowest BCUT2D eigenvalue weighted by Gasteiger charge is -2.32. The second kappa shape index (κ2) is 6.84. The molecule has 0 radical (unpaired) electrons. The average Bonchev–Trinajstić information content (AvgIpc) is 2.31. The van der Waals surface area contributed by atoms with Crippen LogP contribution in [0.1, 0.15) is 41.0 Å². The van der Waals surface area contributed by atoms with Crippen molar-refractivity contribution in [2.75, 3.05) is 17.7 Å². The van der Waals surface area contributed by atoms with Crippen LogP contribution in [-0.2, 0) is 0 Å². The highest BCUT2D eigenvalue weighted by molar-refractivity contribution is 5.73. The normalized spacial score (nSPS) is 13.3. The Balaban J connectivity index is 2.96. The molecule has 0 bridgehead atoms. The highest BCUT2D eigenvalue weighted by Gasteiger charge is 2.24. The van der Waals surface area contributed by atoms with Gasteiger partial charge >= 0.3 is 0 Å². The van der Waals surface area contributed by atoms with Gasteiger partial charge in [-0.2, -0.15) is 0 Å². The molecule has 1 aromatic carbocycles.